The minimum atomic E-state index is -0.378. The number of nitrogens with zero attached hydrogens (tertiary/aromatic N) is 3. The van der Waals surface area contributed by atoms with Gasteiger partial charge in [-0.3, -0.25) is 9.80 Å². The van der Waals surface area contributed by atoms with Crippen molar-refractivity contribution >= 4 is 0 Å². The molecule has 0 radical (unpaired) electrons. The van der Waals surface area contributed by atoms with E-state index in [9.17, 15) is 5.11 Å². The van der Waals surface area contributed by atoms with Gasteiger partial charge >= 0.3 is 0 Å². The van der Waals surface area contributed by atoms with Gasteiger partial charge in [-0.2, -0.15) is 0 Å². The lowest BCUT2D eigenvalue weighted by atomic mass is 10.00. The first-order chi connectivity index (χ1) is 11.5. The summed E-state index contributed by atoms with van der Waals surface area (Å²) in [6, 6.07) is 7.10. The number of likely N-dealkylation sites (N-methyl/N-ethyl adjacent to an activating group) is 1. The first-order valence-electron chi connectivity index (χ1n) is 9.43. The van der Waals surface area contributed by atoms with Crippen molar-refractivity contribution < 1.29 is 5.11 Å². The van der Waals surface area contributed by atoms with E-state index >= 15 is 0 Å². The molecule has 2 fully saturated rings. The van der Waals surface area contributed by atoms with Gasteiger partial charge in [0.15, 0.2) is 0 Å². The van der Waals surface area contributed by atoms with Crippen LogP contribution in [0.4, 0.5) is 0 Å². The highest BCUT2D eigenvalue weighted by molar-refractivity contribution is 5.32. The highest BCUT2D eigenvalue weighted by Crippen LogP contribution is 2.22. The van der Waals surface area contributed by atoms with Crippen LogP contribution >= 0.6 is 0 Å². The summed E-state index contributed by atoms with van der Waals surface area (Å²) >= 11 is 0. The Morgan fingerprint density at radius 2 is 1.88 bits per heavy atom. The van der Waals surface area contributed by atoms with Crippen molar-refractivity contribution in [1.29, 1.82) is 0 Å². The second-order valence-electron chi connectivity index (χ2n) is 7.77. The Kier molecular flexibility index (Phi) is 5.93. The van der Waals surface area contributed by atoms with Gasteiger partial charge < -0.3 is 10.0 Å². The van der Waals surface area contributed by atoms with E-state index in [2.05, 4.69) is 53.8 Å². The normalized spacial score (nSPS) is 25.8. The van der Waals surface area contributed by atoms with Crippen LogP contribution in [0.5, 0.6) is 0 Å². The largest absolute Gasteiger partial charge is 0.387 e. The first kappa shape index (κ1) is 17.9. The van der Waals surface area contributed by atoms with E-state index in [1.54, 1.807) is 0 Å². The van der Waals surface area contributed by atoms with E-state index in [4.69, 9.17) is 0 Å². The molecule has 0 aliphatic carbocycles. The SMILES string of the molecule is Cc1ccc(C)c(C(O)CN2CCN(C3CCCN(C)C3)CC2)c1. The number of β-amino-alcohol motifs (C(OH)–C–C–N with tert-alkyl or cyclic N) is 1. The van der Waals surface area contributed by atoms with Crippen LogP contribution in [0.1, 0.15) is 35.6 Å². The zero-order valence-electron chi connectivity index (χ0n) is 15.5. The molecule has 134 valence electrons. The summed E-state index contributed by atoms with van der Waals surface area (Å²) in [5.74, 6) is 0. The summed E-state index contributed by atoms with van der Waals surface area (Å²) in [5, 5.41) is 10.7. The molecular weight excluding hydrogens is 298 g/mol. The van der Waals surface area contributed by atoms with Crippen LogP contribution in [0.25, 0.3) is 0 Å². The third kappa shape index (κ3) is 4.37. The third-order valence-corrected chi connectivity index (χ3v) is 5.75. The molecule has 2 atom stereocenters. The number of likely N-dealkylation sites (tertiary alicyclic amines) is 1. The zero-order valence-corrected chi connectivity index (χ0v) is 15.5. The van der Waals surface area contributed by atoms with Gasteiger partial charge in [0.2, 0.25) is 0 Å². The van der Waals surface area contributed by atoms with Crippen molar-refractivity contribution in [3.05, 3.63) is 34.9 Å². The Bertz CT molecular complexity index is 540. The van der Waals surface area contributed by atoms with Gasteiger partial charge in [0.1, 0.15) is 0 Å². The molecule has 0 aromatic heterocycles. The minimum absolute atomic E-state index is 0.378. The standard InChI is InChI=1S/C20H33N3O/c1-16-6-7-17(2)19(13-16)20(24)15-22-9-11-23(12-10-22)18-5-4-8-21(3)14-18/h6-7,13,18,20,24H,4-5,8-12,14-15H2,1-3H3. The fraction of sp³-hybridized carbons (Fsp3) is 0.700. The maximum absolute atomic E-state index is 10.7. The van der Waals surface area contributed by atoms with E-state index < -0.39 is 0 Å². The van der Waals surface area contributed by atoms with Crippen LogP contribution in [-0.2, 0) is 0 Å². The molecule has 2 aliphatic heterocycles. The van der Waals surface area contributed by atoms with Gasteiger partial charge in [0, 0.05) is 45.3 Å². The summed E-state index contributed by atoms with van der Waals surface area (Å²) in [6.45, 7) is 11.8. The van der Waals surface area contributed by atoms with Gasteiger partial charge in [-0.15, -0.1) is 0 Å². The molecule has 0 amide bonds. The van der Waals surface area contributed by atoms with Crippen LogP contribution in [-0.4, -0.2) is 78.7 Å². The average Bonchev–Trinajstić information content (AvgIpc) is 2.57. The smallest absolute Gasteiger partial charge is 0.0919 e. The maximum Gasteiger partial charge on any atom is 0.0919 e. The van der Waals surface area contributed by atoms with Gasteiger partial charge in [-0.05, 0) is 51.4 Å². The highest BCUT2D eigenvalue weighted by atomic mass is 16.3. The monoisotopic (exact) mass is 331 g/mol. The molecule has 2 aliphatic rings. The fourth-order valence-electron chi connectivity index (χ4n) is 4.21. The topological polar surface area (TPSA) is 30.0 Å². The molecule has 2 heterocycles. The highest BCUT2D eigenvalue weighted by Gasteiger charge is 2.27. The van der Waals surface area contributed by atoms with E-state index in [0.29, 0.717) is 0 Å². The van der Waals surface area contributed by atoms with Crippen LogP contribution < -0.4 is 0 Å². The zero-order chi connectivity index (χ0) is 17.1. The third-order valence-electron chi connectivity index (χ3n) is 5.75. The van der Waals surface area contributed by atoms with Gasteiger partial charge in [-0.25, -0.2) is 0 Å². The Morgan fingerprint density at radius 1 is 1.12 bits per heavy atom. The molecule has 4 nitrogen and oxygen atoms in total. The molecule has 1 N–H and O–H groups in total. The molecule has 2 unspecified atom stereocenters. The number of piperazine rings is 1. The Balaban J connectivity index is 1.50. The predicted molar refractivity (Wildman–Crippen MR) is 99.4 cm³/mol. The lowest BCUT2D eigenvalue weighted by molar-refractivity contribution is 0.0369. The Morgan fingerprint density at radius 3 is 2.58 bits per heavy atom. The molecule has 3 rings (SSSR count). The molecule has 2 saturated heterocycles. The number of aryl methyl sites for hydroxylation is 2. The van der Waals surface area contributed by atoms with E-state index in [1.807, 2.05) is 0 Å². The van der Waals surface area contributed by atoms with Crippen molar-refractivity contribution in [3.63, 3.8) is 0 Å². The quantitative estimate of drug-likeness (QED) is 0.915. The van der Waals surface area contributed by atoms with Crippen molar-refractivity contribution in [2.24, 2.45) is 0 Å². The van der Waals surface area contributed by atoms with Gasteiger partial charge in [0.25, 0.3) is 0 Å². The van der Waals surface area contributed by atoms with Crippen LogP contribution in [0, 0.1) is 13.8 Å². The molecule has 24 heavy (non-hydrogen) atoms. The fourth-order valence-corrected chi connectivity index (χ4v) is 4.21. The first-order valence-corrected chi connectivity index (χ1v) is 9.43. The predicted octanol–water partition coefficient (Wildman–Crippen LogP) is 2.05. The number of aliphatic hydroxyl groups is 1. The van der Waals surface area contributed by atoms with Crippen molar-refractivity contribution in [2.45, 2.75) is 38.8 Å². The summed E-state index contributed by atoms with van der Waals surface area (Å²) in [5.41, 5.74) is 3.50. The van der Waals surface area contributed by atoms with Crippen LogP contribution in [0.15, 0.2) is 18.2 Å². The van der Waals surface area contributed by atoms with Gasteiger partial charge in [0.05, 0.1) is 6.10 Å². The van der Waals surface area contributed by atoms with Crippen molar-refractivity contribution in [3.8, 4) is 0 Å². The minimum Gasteiger partial charge on any atom is -0.387 e. The van der Waals surface area contributed by atoms with E-state index in [0.717, 1.165) is 44.3 Å². The van der Waals surface area contributed by atoms with Crippen LogP contribution in [0.3, 0.4) is 0 Å². The molecule has 0 saturated carbocycles. The average molecular weight is 332 g/mol. The molecule has 0 bridgehead atoms. The summed E-state index contributed by atoms with van der Waals surface area (Å²) < 4.78 is 0. The molecule has 0 spiro atoms. The van der Waals surface area contributed by atoms with E-state index in [1.165, 1.54) is 37.1 Å². The number of aliphatic hydroxyl groups excluding tert-OH is 1. The maximum atomic E-state index is 10.7. The number of benzene rings is 1. The van der Waals surface area contributed by atoms with Crippen molar-refractivity contribution in [2.75, 3.05) is 52.9 Å². The Hall–Kier alpha value is -0.940. The summed E-state index contributed by atoms with van der Waals surface area (Å²) in [6.07, 6.45) is 2.29. The molecule has 1 aromatic rings. The number of rotatable bonds is 4. The number of piperidine rings is 1. The summed E-state index contributed by atoms with van der Waals surface area (Å²) in [7, 11) is 2.24. The summed E-state index contributed by atoms with van der Waals surface area (Å²) in [4.78, 5) is 7.55. The molecular formula is C20H33N3O. The van der Waals surface area contributed by atoms with Crippen LogP contribution in [0.2, 0.25) is 0 Å². The number of hydrogen-bond donors (Lipinski definition) is 1. The second kappa shape index (κ2) is 7.96. The van der Waals surface area contributed by atoms with Crippen molar-refractivity contribution in [1.82, 2.24) is 14.7 Å². The molecule has 4 heteroatoms. The molecule has 1 aromatic carbocycles. The lowest BCUT2D eigenvalue weighted by Crippen LogP contribution is -2.54. The van der Waals surface area contributed by atoms with Gasteiger partial charge in [-0.1, -0.05) is 23.8 Å². The second-order valence-corrected chi connectivity index (χ2v) is 7.77. The Labute approximate surface area is 147 Å². The lowest BCUT2D eigenvalue weighted by Gasteiger charge is -2.43. The number of hydrogen-bond acceptors (Lipinski definition) is 4. The van der Waals surface area contributed by atoms with E-state index in [-0.39, 0.29) is 6.10 Å².